The van der Waals surface area contributed by atoms with Gasteiger partial charge in [-0.2, -0.15) is 26.3 Å². The molecule has 3 N–H and O–H groups in total. The van der Waals surface area contributed by atoms with E-state index in [1.807, 2.05) is 0 Å². The average Bonchev–Trinajstić information content (AvgIpc) is 2.57. The van der Waals surface area contributed by atoms with Gasteiger partial charge in [0.2, 0.25) is 5.41 Å². The van der Waals surface area contributed by atoms with E-state index in [9.17, 15) is 31.1 Å². The summed E-state index contributed by atoms with van der Waals surface area (Å²) in [5, 5.41) is 25.9. The van der Waals surface area contributed by atoms with Crippen molar-refractivity contribution in [1.29, 1.82) is 0 Å². The molecule has 28 heavy (non-hydrogen) atoms. The van der Waals surface area contributed by atoms with Crippen LogP contribution in [0.3, 0.4) is 0 Å². The number of rotatable bonds is 3. The lowest BCUT2D eigenvalue weighted by molar-refractivity contribution is -0.288. The topological polar surface area (TPSA) is 77.8 Å². The molecule has 0 amide bonds. The molecule has 0 spiro atoms. The van der Waals surface area contributed by atoms with Gasteiger partial charge in [-0.15, -0.1) is 0 Å². The first kappa shape index (κ1) is 22.9. The minimum absolute atomic E-state index is 0.460. The van der Waals surface area contributed by atoms with Crippen LogP contribution < -0.4 is 0 Å². The van der Waals surface area contributed by atoms with Gasteiger partial charge in [-0.05, 0) is 35.4 Å². The van der Waals surface area contributed by atoms with Crippen molar-refractivity contribution in [2.24, 2.45) is 0 Å². The van der Waals surface area contributed by atoms with E-state index < -0.39 is 46.4 Å². The SMILES string of the molecule is C=CC(=O)O.Oc1ccc(C(c2ccc(O)cc2)(C(F)(F)F)C(F)(F)F)cc1. The Morgan fingerprint density at radius 3 is 1.18 bits per heavy atom. The van der Waals surface area contributed by atoms with E-state index in [-0.39, 0.29) is 0 Å². The van der Waals surface area contributed by atoms with Crippen LogP contribution in [0.4, 0.5) is 26.3 Å². The van der Waals surface area contributed by atoms with Gasteiger partial charge in [0.05, 0.1) is 0 Å². The van der Waals surface area contributed by atoms with Crippen LogP contribution >= 0.6 is 0 Å². The lowest BCUT2D eigenvalue weighted by atomic mass is 9.73. The van der Waals surface area contributed by atoms with E-state index in [0.717, 1.165) is 30.3 Å². The van der Waals surface area contributed by atoms with Gasteiger partial charge in [-0.3, -0.25) is 0 Å². The molecule has 0 aliphatic heterocycles. The number of phenolic OH excluding ortho intramolecular Hbond substituents is 2. The van der Waals surface area contributed by atoms with E-state index in [0.29, 0.717) is 24.3 Å². The molecule has 0 bridgehead atoms. The molecule has 4 nitrogen and oxygen atoms in total. The molecular formula is C18H14F6O4. The van der Waals surface area contributed by atoms with Crippen LogP contribution in [-0.4, -0.2) is 33.6 Å². The Labute approximate surface area is 155 Å². The van der Waals surface area contributed by atoms with Crippen LogP contribution in [0.2, 0.25) is 0 Å². The fourth-order valence-electron chi connectivity index (χ4n) is 2.40. The summed E-state index contributed by atoms with van der Waals surface area (Å²) in [7, 11) is 0. The number of benzene rings is 2. The largest absolute Gasteiger partial charge is 0.508 e. The number of halogens is 6. The Balaban J connectivity index is 0.000000696. The highest BCUT2D eigenvalue weighted by Crippen LogP contribution is 2.56. The lowest BCUT2D eigenvalue weighted by Gasteiger charge is -2.38. The maximum Gasteiger partial charge on any atom is 0.411 e. The summed E-state index contributed by atoms with van der Waals surface area (Å²) in [5.41, 5.74) is -6.44. The summed E-state index contributed by atoms with van der Waals surface area (Å²) in [6.45, 7) is 2.96. The highest BCUT2D eigenvalue weighted by molar-refractivity contribution is 5.78. The van der Waals surface area contributed by atoms with Crippen LogP contribution in [0.5, 0.6) is 11.5 Å². The van der Waals surface area contributed by atoms with Gasteiger partial charge in [-0.25, -0.2) is 4.79 Å². The molecule has 0 atom stereocenters. The Kier molecular flexibility index (Phi) is 6.73. The van der Waals surface area contributed by atoms with Crippen molar-refractivity contribution < 1.29 is 46.5 Å². The highest BCUT2D eigenvalue weighted by atomic mass is 19.4. The first-order valence-electron chi connectivity index (χ1n) is 7.35. The Morgan fingerprint density at radius 2 is 1.00 bits per heavy atom. The van der Waals surface area contributed by atoms with E-state index in [1.54, 1.807) is 0 Å². The van der Waals surface area contributed by atoms with Crippen molar-refractivity contribution in [1.82, 2.24) is 0 Å². The zero-order valence-electron chi connectivity index (χ0n) is 13.9. The predicted octanol–water partition coefficient (Wildman–Crippen LogP) is 4.77. The minimum Gasteiger partial charge on any atom is -0.508 e. The maximum atomic E-state index is 13.6. The fraction of sp³-hybridized carbons (Fsp3) is 0.167. The van der Waals surface area contributed by atoms with Gasteiger partial charge in [0, 0.05) is 6.08 Å². The number of carbonyl (C=O) groups is 1. The summed E-state index contributed by atoms with van der Waals surface area (Å²) in [5.74, 6) is -1.90. The second-order valence-corrected chi connectivity index (χ2v) is 5.38. The van der Waals surface area contributed by atoms with Gasteiger partial charge >= 0.3 is 18.3 Å². The Bertz CT molecular complexity index is 746. The quantitative estimate of drug-likeness (QED) is 0.505. The van der Waals surface area contributed by atoms with Crippen molar-refractivity contribution in [3.63, 3.8) is 0 Å². The van der Waals surface area contributed by atoms with Crippen molar-refractivity contribution in [3.8, 4) is 11.5 Å². The van der Waals surface area contributed by atoms with Crippen LogP contribution in [0.15, 0.2) is 61.2 Å². The van der Waals surface area contributed by atoms with Crippen LogP contribution in [0, 0.1) is 0 Å². The number of hydrogen-bond donors (Lipinski definition) is 3. The van der Waals surface area contributed by atoms with Gasteiger partial charge in [0.1, 0.15) is 11.5 Å². The molecule has 0 unspecified atom stereocenters. The maximum absolute atomic E-state index is 13.6. The summed E-state index contributed by atoms with van der Waals surface area (Å²) in [6, 6.07) is 5.30. The summed E-state index contributed by atoms with van der Waals surface area (Å²) in [4.78, 5) is 9.25. The molecule has 0 radical (unpaired) electrons. The molecular weight excluding hydrogens is 394 g/mol. The number of carboxylic acids is 1. The molecule has 0 heterocycles. The second kappa shape index (κ2) is 8.24. The third kappa shape index (κ3) is 4.56. The Hall–Kier alpha value is -3.17. The van der Waals surface area contributed by atoms with E-state index in [1.165, 1.54) is 0 Å². The standard InChI is InChI=1S/C15H10F6O2.C3H4O2/c16-14(17,18)13(15(19,20)21,9-1-5-11(22)6-2-9)10-3-7-12(23)8-4-10;1-2-3(4)5/h1-8,22-23H;2H,1H2,(H,4,5). The smallest absolute Gasteiger partial charge is 0.411 e. The average molecular weight is 408 g/mol. The highest BCUT2D eigenvalue weighted by Gasteiger charge is 2.72. The molecule has 0 aliphatic carbocycles. The minimum atomic E-state index is -5.70. The summed E-state index contributed by atoms with van der Waals surface area (Å²) >= 11 is 0. The van der Waals surface area contributed by atoms with Gasteiger partial charge in [0.25, 0.3) is 0 Å². The molecule has 0 fully saturated rings. The number of aliphatic carboxylic acids is 1. The van der Waals surface area contributed by atoms with E-state index >= 15 is 0 Å². The first-order valence-corrected chi connectivity index (χ1v) is 7.35. The van der Waals surface area contributed by atoms with Gasteiger partial charge in [-0.1, -0.05) is 30.8 Å². The zero-order chi connectivity index (χ0) is 21.8. The predicted molar refractivity (Wildman–Crippen MR) is 86.9 cm³/mol. The van der Waals surface area contributed by atoms with Crippen molar-refractivity contribution >= 4 is 5.97 Å². The molecule has 152 valence electrons. The molecule has 0 saturated carbocycles. The number of carboxylic acid groups (broad SMARTS) is 1. The molecule has 2 aromatic rings. The van der Waals surface area contributed by atoms with Crippen molar-refractivity contribution in [3.05, 3.63) is 72.3 Å². The molecule has 2 rings (SSSR count). The fourth-order valence-corrected chi connectivity index (χ4v) is 2.40. The van der Waals surface area contributed by atoms with Crippen LogP contribution in [0.25, 0.3) is 0 Å². The number of hydrogen-bond acceptors (Lipinski definition) is 3. The van der Waals surface area contributed by atoms with E-state index in [4.69, 9.17) is 15.3 Å². The number of alkyl halides is 6. The lowest BCUT2D eigenvalue weighted by Crippen LogP contribution is -2.54. The zero-order valence-corrected chi connectivity index (χ0v) is 13.9. The van der Waals surface area contributed by atoms with Gasteiger partial charge in [0.15, 0.2) is 0 Å². The molecule has 10 heteroatoms. The van der Waals surface area contributed by atoms with Crippen molar-refractivity contribution in [2.75, 3.05) is 0 Å². The van der Waals surface area contributed by atoms with Gasteiger partial charge < -0.3 is 15.3 Å². The first-order chi connectivity index (χ1) is 12.8. The molecule has 2 aromatic carbocycles. The summed E-state index contributed by atoms with van der Waals surface area (Å²) < 4.78 is 81.6. The Morgan fingerprint density at radius 1 is 0.750 bits per heavy atom. The number of phenols is 2. The molecule has 0 aliphatic rings. The number of aromatic hydroxyl groups is 2. The molecule has 0 aromatic heterocycles. The normalized spacial score (nSPS) is 11.9. The monoisotopic (exact) mass is 408 g/mol. The van der Waals surface area contributed by atoms with Crippen molar-refractivity contribution in [2.45, 2.75) is 17.8 Å². The van der Waals surface area contributed by atoms with Crippen LogP contribution in [-0.2, 0) is 10.2 Å². The van der Waals surface area contributed by atoms with E-state index in [2.05, 4.69) is 6.58 Å². The second-order valence-electron chi connectivity index (χ2n) is 5.38. The third-order valence-corrected chi connectivity index (χ3v) is 3.63. The third-order valence-electron chi connectivity index (χ3n) is 3.63. The van der Waals surface area contributed by atoms with Crippen LogP contribution in [0.1, 0.15) is 11.1 Å². The molecule has 0 saturated heterocycles. The summed E-state index contributed by atoms with van der Waals surface area (Å²) in [6.07, 6.45) is -10.6.